The summed E-state index contributed by atoms with van der Waals surface area (Å²) in [6.07, 6.45) is 3.65. The first kappa shape index (κ1) is 9.66. The second-order valence-electron chi connectivity index (χ2n) is 4.04. The highest BCUT2D eigenvalue weighted by Crippen LogP contribution is 2.16. The van der Waals surface area contributed by atoms with Gasteiger partial charge in [0.25, 0.3) is 0 Å². The molecule has 1 aromatic rings. The largest absolute Gasteiger partial charge is 0.380 e. The molecule has 1 atom stereocenters. The minimum absolute atomic E-state index is 0.0263. The zero-order chi connectivity index (χ0) is 11.2. The van der Waals surface area contributed by atoms with Crippen molar-refractivity contribution in [3.8, 4) is 0 Å². The third kappa shape index (κ3) is 1.46. The monoisotopic (exact) mass is 233 g/mol. The molecule has 1 N–H and O–H groups in total. The Morgan fingerprint density at radius 3 is 2.94 bits per heavy atom. The van der Waals surface area contributed by atoms with E-state index in [1.807, 2.05) is 30.5 Å². The summed E-state index contributed by atoms with van der Waals surface area (Å²) in [7, 11) is -3.07. The Hall–Kier alpha value is -1.55. The van der Waals surface area contributed by atoms with Gasteiger partial charge in [-0.1, -0.05) is 24.3 Å². The van der Waals surface area contributed by atoms with Crippen molar-refractivity contribution >= 4 is 21.6 Å². The van der Waals surface area contributed by atoms with E-state index in [1.165, 1.54) is 5.41 Å². The average Bonchev–Trinajstić information content (AvgIpc) is 2.28. The third-order valence-electron chi connectivity index (χ3n) is 2.94. The zero-order valence-electron chi connectivity index (χ0n) is 8.55. The summed E-state index contributed by atoms with van der Waals surface area (Å²) in [5.74, 6) is 0.117. The molecular weight excluding hydrogens is 222 g/mol. The van der Waals surface area contributed by atoms with Gasteiger partial charge in [0.15, 0.2) is 9.84 Å². The van der Waals surface area contributed by atoms with Gasteiger partial charge in [-0.2, -0.15) is 0 Å². The number of hydrogen-bond acceptors (Lipinski definition) is 3. The maximum absolute atomic E-state index is 11.6. The van der Waals surface area contributed by atoms with Gasteiger partial charge >= 0.3 is 0 Å². The van der Waals surface area contributed by atoms with E-state index in [1.54, 1.807) is 6.08 Å². The Balaban J connectivity index is 2.36. The molecule has 0 aliphatic carbocycles. The molecule has 2 aliphatic heterocycles. The average molecular weight is 233 g/mol. The Bertz CT molecular complexity index is 686. The van der Waals surface area contributed by atoms with Crippen molar-refractivity contribution in [2.75, 3.05) is 5.75 Å². The fourth-order valence-electron chi connectivity index (χ4n) is 2.17. The van der Waals surface area contributed by atoms with Crippen LogP contribution in [0.2, 0.25) is 0 Å². The Morgan fingerprint density at radius 1 is 1.25 bits per heavy atom. The molecule has 2 heterocycles. The van der Waals surface area contributed by atoms with Crippen molar-refractivity contribution in [2.24, 2.45) is 0 Å². The van der Waals surface area contributed by atoms with Crippen LogP contribution in [0.15, 0.2) is 35.7 Å². The predicted molar refractivity (Wildman–Crippen MR) is 63.4 cm³/mol. The molecule has 0 fully saturated rings. The first-order valence-electron chi connectivity index (χ1n) is 5.11. The topological polar surface area (TPSA) is 46.2 Å². The van der Waals surface area contributed by atoms with Gasteiger partial charge in [0.05, 0.1) is 11.8 Å². The van der Waals surface area contributed by atoms with Crippen LogP contribution in [0, 0.1) is 0 Å². The first-order chi connectivity index (χ1) is 7.66. The number of hydrogen-bond donors (Lipinski definition) is 1. The minimum atomic E-state index is -3.07. The van der Waals surface area contributed by atoms with Crippen molar-refractivity contribution in [3.05, 3.63) is 46.2 Å². The van der Waals surface area contributed by atoms with Crippen LogP contribution < -0.4 is 15.8 Å². The highest BCUT2D eigenvalue weighted by molar-refractivity contribution is 7.94. The molecule has 0 aromatic heterocycles. The molecule has 0 bridgehead atoms. The van der Waals surface area contributed by atoms with Crippen molar-refractivity contribution in [3.63, 3.8) is 0 Å². The van der Waals surface area contributed by atoms with Crippen molar-refractivity contribution in [2.45, 2.75) is 6.04 Å². The van der Waals surface area contributed by atoms with E-state index in [-0.39, 0.29) is 11.8 Å². The number of rotatable bonds is 0. The predicted octanol–water partition coefficient (Wildman–Crippen LogP) is -0.511. The number of sulfone groups is 1. The van der Waals surface area contributed by atoms with E-state index >= 15 is 0 Å². The molecule has 3 rings (SSSR count). The van der Waals surface area contributed by atoms with Crippen LogP contribution in [0.25, 0.3) is 11.8 Å². The molecule has 0 spiro atoms. The number of fused-ring (bicyclic) bond motifs is 2. The Morgan fingerprint density at radius 2 is 2.06 bits per heavy atom. The smallest absolute Gasteiger partial charge is 0.175 e. The van der Waals surface area contributed by atoms with Gasteiger partial charge in [0.2, 0.25) is 0 Å². The molecule has 1 unspecified atom stereocenters. The Labute approximate surface area is 93.7 Å². The standard InChI is InChI=1S/C12H11NO2S/c14-16(15)6-5-12-11(8-16)10-4-2-1-3-9(10)7-13-12/h1-7,12-13H,8H2. The molecule has 4 heteroatoms. The lowest BCUT2D eigenvalue weighted by Crippen LogP contribution is -2.44. The fourth-order valence-corrected chi connectivity index (χ4v) is 3.43. The SMILES string of the molecule is O=S1(=O)C=CC2NC=c3ccccc3=C2C1. The maximum Gasteiger partial charge on any atom is 0.175 e. The van der Waals surface area contributed by atoms with Crippen molar-refractivity contribution in [1.29, 1.82) is 0 Å². The quantitative estimate of drug-likeness (QED) is 0.656. The summed E-state index contributed by atoms with van der Waals surface area (Å²) in [5, 5.41) is 6.60. The summed E-state index contributed by atoms with van der Waals surface area (Å²) < 4.78 is 23.1. The van der Waals surface area contributed by atoms with Crippen LogP contribution in [0.5, 0.6) is 0 Å². The van der Waals surface area contributed by atoms with Crippen molar-refractivity contribution in [1.82, 2.24) is 5.32 Å². The van der Waals surface area contributed by atoms with Gasteiger partial charge in [-0.15, -0.1) is 0 Å². The lowest BCUT2D eigenvalue weighted by molar-refractivity contribution is 0.605. The second kappa shape index (κ2) is 3.22. The molecule has 1 aromatic carbocycles. The maximum atomic E-state index is 11.6. The summed E-state index contributed by atoms with van der Waals surface area (Å²) in [5.41, 5.74) is 0.945. The van der Waals surface area contributed by atoms with Gasteiger partial charge in [0.1, 0.15) is 0 Å². The van der Waals surface area contributed by atoms with Gasteiger partial charge in [-0.3, -0.25) is 0 Å². The van der Waals surface area contributed by atoms with E-state index < -0.39 is 9.84 Å². The highest BCUT2D eigenvalue weighted by Gasteiger charge is 2.24. The Kier molecular flexibility index (Phi) is 1.94. The molecular formula is C12H11NO2S. The molecule has 3 nitrogen and oxygen atoms in total. The second-order valence-corrected chi connectivity index (χ2v) is 5.92. The molecule has 0 saturated carbocycles. The van der Waals surface area contributed by atoms with Crippen LogP contribution in [0.4, 0.5) is 0 Å². The fraction of sp³-hybridized carbons (Fsp3) is 0.167. The van der Waals surface area contributed by atoms with Crippen LogP contribution in [0.1, 0.15) is 0 Å². The summed E-state index contributed by atoms with van der Waals surface area (Å²) in [4.78, 5) is 0. The van der Waals surface area contributed by atoms with E-state index in [4.69, 9.17) is 0 Å². The van der Waals surface area contributed by atoms with Crippen molar-refractivity contribution < 1.29 is 8.42 Å². The minimum Gasteiger partial charge on any atom is -0.380 e. The van der Waals surface area contributed by atoms with Crippen LogP contribution in [-0.4, -0.2) is 20.2 Å². The third-order valence-corrected chi connectivity index (χ3v) is 4.22. The highest BCUT2D eigenvalue weighted by atomic mass is 32.2. The van der Waals surface area contributed by atoms with Gasteiger partial charge < -0.3 is 5.32 Å². The van der Waals surface area contributed by atoms with E-state index in [0.717, 1.165) is 16.0 Å². The molecule has 16 heavy (non-hydrogen) atoms. The van der Waals surface area contributed by atoms with Crippen LogP contribution in [-0.2, 0) is 9.84 Å². The van der Waals surface area contributed by atoms with Gasteiger partial charge in [-0.25, -0.2) is 8.42 Å². The zero-order valence-corrected chi connectivity index (χ0v) is 9.37. The normalized spacial score (nSPS) is 25.0. The van der Waals surface area contributed by atoms with E-state index in [9.17, 15) is 8.42 Å². The van der Waals surface area contributed by atoms with Gasteiger partial charge in [-0.05, 0) is 22.1 Å². The molecule has 0 saturated heterocycles. The van der Waals surface area contributed by atoms with Gasteiger partial charge in [0, 0.05) is 11.6 Å². The van der Waals surface area contributed by atoms with E-state index in [0.29, 0.717) is 0 Å². The van der Waals surface area contributed by atoms with Crippen LogP contribution in [0.3, 0.4) is 0 Å². The summed E-state index contributed by atoms with van der Waals surface area (Å²) >= 11 is 0. The number of nitrogens with one attached hydrogen (secondary N) is 1. The summed E-state index contributed by atoms with van der Waals surface area (Å²) in [6.45, 7) is 0. The first-order valence-corrected chi connectivity index (χ1v) is 6.83. The molecule has 0 radical (unpaired) electrons. The van der Waals surface area contributed by atoms with E-state index in [2.05, 4.69) is 5.32 Å². The molecule has 82 valence electrons. The number of benzene rings is 1. The molecule has 2 aliphatic rings. The van der Waals surface area contributed by atoms with Crippen LogP contribution >= 0.6 is 0 Å². The summed E-state index contributed by atoms with van der Waals surface area (Å²) in [6, 6.07) is 7.87. The molecule has 0 amide bonds. The lowest BCUT2D eigenvalue weighted by atomic mass is 10.0. The lowest BCUT2D eigenvalue weighted by Gasteiger charge is -2.24.